The molecule has 0 aromatic carbocycles. The van der Waals surface area contributed by atoms with E-state index in [1.54, 1.807) is 0 Å². The average molecular weight is 606 g/mol. The Labute approximate surface area is 243 Å². The number of ketones is 1. The van der Waals surface area contributed by atoms with Crippen LogP contribution >= 0.6 is 0 Å². The van der Waals surface area contributed by atoms with Crippen molar-refractivity contribution in [3.63, 3.8) is 0 Å². The highest BCUT2D eigenvalue weighted by molar-refractivity contribution is 5.88. The van der Waals surface area contributed by atoms with Crippen molar-refractivity contribution < 1.29 is 49.3 Å². The third kappa shape index (κ3) is 7.04. The fraction of sp³-hybridized carbons (Fsp3) is 0.920. The first-order valence-corrected chi connectivity index (χ1v) is 14.4. The number of guanidine groups is 1. The summed E-state index contributed by atoms with van der Waals surface area (Å²) in [5, 5.41) is 53.0. The standard InChI is InChI=1S/C25H47N7O10/c26-7-11-1-2-13(32-24(30)31)22(39-11)42-21-12(28)3-9(4-15(34)25(38)5-10(27)6-25)20(19(21)37)41-23-18(36)16(29)17(35)14(8-33)40-23/h9-14,16-23,33,35-38H,1-8,26-29H2,(H4,30,31,32)/t9-,10?,11-,12-,13+,14+,16-,17+,18+,19+,20-,21?,22+,23+,25?/m0/s1. The second-order valence-electron chi connectivity index (χ2n) is 12.0. The number of hydrogen-bond acceptors (Lipinski definition) is 15. The fourth-order valence-corrected chi connectivity index (χ4v) is 6.37. The van der Waals surface area contributed by atoms with Gasteiger partial charge in [0, 0.05) is 25.0 Å². The predicted octanol–water partition coefficient (Wildman–Crippen LogP) is -5.85. The van der Waals surface area contributed by atoms with Gasteiger partial charge in [0.15, 0.2) is 24.3 Å². The Bertz CT molecular complexity index is 953. The Hall–Kier alpha value is -1.58. The number of nitrogens with zero attached hydrogens (tertiary/aromatic N) is 1. The molecule has 4 fully saturated rings. The number of rotatable bonds is 10. The number of hydrogen-bond donors (Lipinski definition) is 11. The molecule has 2 aliphatic heterocycles. The molecule has 0 amide bonds. The molecule has 13 atom stereocenters. The number of carbonyl (C=O) groups excluding carboxylic acids is 1. The van der Waals surface area contributed by atoms with E-state index in [0.29, 0.717) is 12.8 Å². The van der Waals surface area contributed by atoms with Gasteiger partial charge < -0.3 is 78.9 Å². The summed E-state index contributed by atoms with van der Waals surface area (Å²) in [7, 11) is 0. The van der Waals surface area contributed by atoms with Crippen LogP contribution in [0.25, 0.3) is 0 Å². The first kappa shape index (κ1) is 33.3. The van der Waals surface area contributed by atoms with Crippen LogP contribution in [0.2, 0.25) is 0 Å². The molecule has 4 rings (SSSR count). The van der Waals surface area contributed by atoms with E-state index in [-0.39, 0.29) is 50.3 Å². The zero-order valence-electron chi connectivity index (χ0n) is 23.4. The first-order valence-electron chi connectivity index (χ1n) is 14.4. The van der Waals surface area contributed by atoms with E-state index in [2.05, 4.69) is 4.99 Å². The Balaban J connectivity index is 1.58. The van der Waals surface area contributed by atoms with E-state index >= 15 is 0 Å². The van der Waals surface area contributed by atoms with Crippen LogP contribution < -0.4 is 34.4 Å². The third-order valence-corrected chi connectivity index (χ3v) is 8.82. The monoisotopic (exact) mass is 605 g/mol. The summed E-state index contributed by atoms with van der Waals surface area (Å²) in [6.07, 6.45) is -9.66. The lowest BCUT2D eigenvalue weighted by Crippen LogP contribution is -2.66. The molecule has 17 N–H and O–H groups in total. The summed E-state index contributed by atoms with van der Waals surface area (Å²) in [6.45, 7) is -0.404. The molecule has 0 spiro atoms. The SMILES string of the molecule is NC[C@@H]1CC[C@@H](N=C(N)N)[C@@H](OC2[C@@H](N)C[C@@H](CC(=O)C3(O)CC(N)C3)[C@H](O[C@H]3O[C@H](CO)[C@@H](O)[C@H](N)[C@H]3O)[C@H]2O)O1. The smallest absolute Gasteiger partial charge is 0.186 e. The minimum atomic E-state index is -1.60. The van der Waals surface area contributed by atoms with E-state index in [1.165, 1.54) is 0 Å². The normalized spacial score (nSPS) is 47.8. The van der Waals surface area contributed by atoms with Gasteiger partial charge in [0.1, 0.15) is 42.2 Å². The molecule has 0 bridgehead atoms. The minimum absolute atomic E-state index is 0.0984. The highest BCUT2D eigenvalue weighted by Crippen LogP contribution is 2.39. The van der Waals surface area contributed by atoms with Crippen molar-refractivity contribution in [2.24, 2.45) is 45.3 Å². The molecule has 0 aromatic heterocycles. The molecule has 2 aliphatic carbocycles. The molecule has 17 heteroatoms. The Kier molecular flexibility index (Phi) is 10.8. The van der Waals surface area contributed by atoms with Crippen molar-refractivity contribution in [2.45, 2.75) is 124 Å². The fourth-order valence-electron chi connectivity index (χ4n) is 6.37. The van der Waals surface area contributed by atoms with E-state index in [1.807, 2.05) is 0 Å². The lowest BCUT2D eigenvalue weighted by molar-refractivity contribution is -0.318. The molecule has 0 radical (unpaired) electrons. The zero-order chi connectivity index (χ0) is 30.9. The van der Waals surface area contributed by atoms with Gasteiger partial charge in [0.2, 0.25) is 0 Å². The highest BCUT2D eigenvalue weighted by atomic mass is 16.7. The summed E-state index contributed by atoms with van der Waals surface area (Å²) < 4.78 is 23.8. The number of Topliss-reactive ketones (excluding diaryl/α,β-unsaturated/α-hetero) is 1. The molecular formula is C25H47N7O10. The van der Waals surface area contributed by atoms with E-state index < -0.39 is 91.2 Å². The van der Waals surface area contributed by atoms with Crippen molar-refractivity contribution in [1.29, 1.82) is 0 Å². The van der Waals surface area contributed by atoms with Gasteiger partial charge >= 0.3 is 0 Å². The van der Waals surface area contributed by atoms with Crippen LogP contribution in [0.3, 0.4) is 0 Å². The zero-order valence-corrected chi connectivity index (χ0v) is 23.4. The molecule has 242 valence electrons. The van der Waals surface area contributed by atoms with Crippen LogP contribution in [-0.2, 0) is 23.7 Å². The van der Waals surface area contributed by atoms with Crippen LogP contribution in [-0.4, -0.2) is 136 Å². The molecule has 2 saturated heterocycles. The van der Waals surface area contributed by atoms with Crippen LogP contribution in [0.5, 0.6) is 0 Å². The lowest BCUT2D eigenvalue weighted by atomic mass is 9.69. The van der Waals surface area contributed by atoms with Crippen LogP contribution in [0.4, 0.5) is 0 Å². The largest absolute Gasteiger partial charge is 0.394 e. The molecule has 1 unspecified atom stereocenters. The van der Waals surface area contributed by atoms with Gasteiger partial charge in [-0.15, -0.1) is 0 Å². The van der Waals surface area contributed by atoms with Gasteiger partial charge in [-0.1, -0.05) is 0 Å². The summed E-state index contributed by atoms with van der Waals surface area (Å²) in [6, 6.07) is -2.98. The quantitative estimate of drug-likeness (QED) is 0.0815. The number of ether oxygens (including phenoxy) is 4. The van der Waals surface area contributed by atoms with Crippen molar-refractivity contribution in [3.05, 3.63) is 0 Å². The number of aliphatic hydroxyl groups excluding tert-OH is 4. The number of aliphatic imine (C=N–C) groups is 1. The van der Waals surface area contributed by atoms with Crippen molar-refractivity contribution in [2.75, 3.05) is 13.2 Å². The summed E-state index contributed by atoms with van der Waals surface area (Å²) >= 11 is 0. The van der Waals surface area contributed by atoms with Gasteiger partial charge in [0.05, 0.1) is 24.9 Å². The maximum atomic E-state index is 13.1. The number of aliphatic hydroxyl groups is 5. The maximum absolute atomic E-state index is 13.1. The lowest BCUT2D eigenvalue weighted by Gasteiger charge is -2.49. The predicted molar refractivity (Wildman–Crippen MR) is 146 cm³/mol. The highest BCUT2D eigenvalue weighted by Gasteiger charge is 2.53. The van der Waals surface area contributed by atoms with Crippen molar-refractivity contribution in [3.8, 4) is 0 Å². The van der Waals surface area contributed by atoms with E-state index in [4.69, 9.17) is 53.3 Å². The first-order chi connectivity index (χ1) is 19.8. The maximum Gasteiger partial charge on any atom is 0.186 e. The summed E-state index contributed by atoms with van der Waals surface area (Å²) in [4.78, 5) is 17.3. The van der Waals surface area contributed by atoms with Crippen molar-refractivity contribution >= 4 is 11.7 Å². The molecule has 2 heterocycles. The van der Waals surface area contributed by atoms with E-state index in [9.17, 15) is 30.3 Å². The Morgan fingerprint density at radius 2 is 1.62 bits per heavy atom. The second kappa shape index (κ2) is 13.6. The Morgan fingerprint density at radius 1 is 0.952 bits per heavy atom. The van der Waals surface area contributed by atoms with Gasteiger partial charge in [-0.05, 0) is 38.0 Å². The minimum Gasteiger partial charge on any atom is -0.394 e. The third-order valence-electron chi connectivity index (χ3n) is 8.82. The van der Waals surface area contributed by atoms with Crippen LogP contribution in [0.1, 0.15) is 38.5 Å². The van der Waals surface area contributed by atoms with Gasteiger partial charge in [-0.25, -0.2) is 4.99 Å². The van der Waals surface area contributed by atoms with Gasteiger partial charge in [-0.2, -0.15) is 0 Å². The molecule has 4 aliphatic rings. The average Bonchev–Trinajstić information content (AvgIpc) is 2.92. The number of carbonyl (C=O) groups is 1. The van der Waals surface area contributed by atoms with Gasteiger partial charge in [-0.3, -0.25) is 4.79 Å². The van der Waals surface area contributed by atoms with Crippen LogP contribution in [0, 0.1) is 5.92 Å². The summed E-state index contributed by atoms with van der Waals surface area (Å²) in [5.74, 6) is -1.42. The molecule has 17 nitrogen and oxygen atoms in total. The molecule has 42 heavy (non-hydrogen) atoms. The number of nitrogens with two attached hydrogens (primary N) is 6. The van der Waals surface area contributed by atoms with Crippen molar-refractivity contribution in [1.82, 2.24) is 0 Å². The molecule has 2 saturated carbocycles. The van der Waals surface area contributed by atoms with E-state index in [0.717, 1.165) is 0 Å². The topological polar surface area (TPSA) is 324 Å². The van der Waals surface area contributed by atoms with Gasteiger partial charge in [0.25, 0.3) is 0 Å². The molecule has 0 aromatic rings. The molecular weight excluding hydrogens is 558 g/mol. The van der Waals surface area contributed by atoms with Crippen LogP contribution in [0.15, 0.2) is 4.99 Å². The Morgan fingerprint density at radius 3 is 2.21 bits per heavy atom. The summed E-state index contributed by atoms with van der Waals surface area (Å²) in [5.41, 5.74) is 33.6. The second-order valence-corrected chi connectivity index (χ2v) is 12.0.